The summed E-state index contributed by atoms with van der Waals surface area (Å²) in [7, 11) is 0. The molecule has 0 bridgehead atoms. The Morgan fingerprint density at radius 1 is 1.28 bits per heavy atom. The maximum Gasteiger partial charge on any atom is 0.229 e. The van der Waals surface area contributed by atoms with Crippen LogP contribution in [0.15, 0.2) is 47.2 Å². The minimum Gasteiger partial charge on any atom is -0.490 e. The van der Waals surface area contributed by atoms with Crippen LogP contribution in [-0.2, 0) is 11.4 Å². The number of hydrogen-bond acceptors (Lipinski definition) is 5. The molecule has 0 saturated heterocycles. The van der Waals surface area contributed by atoms with Gasteiger partial charge in [0.15, 0.2) is 11.5 Å². The van der Waals surface area contributed by atoms with E-state index in [2.05, 4.69) is 31.3 Å². The average molecular weight is 461 g/mol. The smallest absolute Gasteiger partial charge is 0.229 e. The fourth-order valence-corrected chi connectivity index (χ4v) is 3.76. The molecule has 1 N–H and O–H groups in total. The third-order valence-corrected chi connectivity index (χ3v) is 5.10. The second-order valence-electron chi connectivity index (χ2n) is 6.47. The SMILES string of the molecule is CCOc1cc([C@@H]2CC(=O)Nc3ncnn32)cc(Br)c1OCc1ccc(F)cc1. The topological polar surface area (TPSA) is 78.3 Å². The molecule has 1 aliphatic heterocycles. The Morgan fingerprint density at radius 2 is 2.07 bits per heavy atom. The summed E-state index contributed by atoms with van der Waals surface area (Å²) in [6, 6.07) is 9.56. The van der Waals surface area contributed by atoms with E-state index < -0.39 is 0 Å². The first-order valence-corrected chi connectivity index (χ1v) is 9.87. The molecule has 0 spiro atoms. The minimum atomic E-state index is -0.303. The Morgan fingerprint density at radius 3 is 2.83 bits per heavy atom. The van der Waals surface area contributed by atoms with Crippen molar-refractivity contribution < 1.29 is 18.7 Å². The van der Waals surface area contributed by atoms with E-state index in [-0.39, 0.29) is 30.8 Å². The van der Waals surface area contributed by atoms with Gasteiger partial charge in [-0.1, -0.05) is 12.1 Å². The number of benzene rings is 2. The van der Waals surface area contributed by atoms with Gasteiger partial charge in [0.05, 0.1) is 23.5 Å². The maximum absolute atomic E-state index is 13.1. The molecule has 9 heteroatoms. The molecule has 7 nitrogen and oxygen atoms in total. The number of anilines is 1. The fraction of sp³-hybridized carbons (Fsp3) is 0.250. The van der Waals surface area contributed by atoms with E-state index in [0.717, 1.165) is 11.1 Å². The average Bonchev–Trinajstić information content (AvgIpc) is 3.16. The Bertz CT molecular complexity index is 1040. The van der Waals surface area contributed by atoms with Crippen molar-refractivity contribution in [2.75, 3.05) is 11.9 Å². The molecule has 29 heavy (non-hydrogen) atoms. The van der Waals surface area contributed by atoms with Gasteiger partial charge >= 0.3 is 0 Å². The molecule has 2 aromatic carbocycles. The minimum absolute atomic E-state index is 0.124. The molecule has 0 saturated carbocycles. The number of rotatable bonds is 6. The summed E-state index contributed by atoms with van der Waals surface area (Å²) < 4.78 is 27.2. The molecular weight excluding hydrogens is 443 g/mol. The second kappa shape index (κ2) is 8.20. The molecule has 1 atom stereocenters. The van der Waals surface area contributed by atoms with Crippen LogP contribution in [0.4, 0.5) is 10.3 Å². The predicted octanol–water partition coefficient (Wildman–Crippen LogP) is 4.09. The van der Waals surface area contributed by atoms with Gasteiger partial charge in [-0.15, -0.1) is 0 Å². The van der Waals surface area contributed by atoms with Crippen LogP contribution in [-0.4, -0.2) is 27.3 Å². The molecule has 0 fully saturated rings. The molecule has 0 aliphatic carbocycles. The number of nitrogens with one attached hydrogen (secondary N) is 1. The van der Waals surface area contributed by atoms with Crippen molar-refractivity contribution >= 4 is 27.8 Å². The molecule has 0 unspecified atom stereocenters. The zero-order chi connectivity index (χ0) is 20.4. The van der Waals surface area contributed by atoms with E-state index in [1.54, 1.807) is 16.8 Å². The number of carbonyl (C=O) groups excluding carboxylic acids is 1. The summed E-state index contributed by atoms with van der Waals surface area (Å²) >= 11 is 3.55. The van der Waals surface area contributed by atoms with Crippen LogP contribution in [0, 0.1) is 5.82 Å². The summed E-state index contributed by atoms with van der Waals surface area (Å²) in [5, 5.41) is 6.94. The Balaban J connectivity index is 1.65. The highest BCUT2D eigenvalue weighted by atomic mass is 79.9. The van der Waals surface area contributed by atoms with Crippen molar-refractivity contribution in [3.05, 3.63) is 64.1 Å². The predicted molar refractivity (Wildman–Crippen MR) is 107 cm³/mol. The third kappa shape index (κ3) is 4.09. The fourth-order valence-electron chi connectivity index (χ4n) is 3.18. The second-order valence-corrected chi connectivity index (χ2v) is 7.33. The first kappa shape index (κ1) is 19.4. The molecular formula is C20H18BrFN4O3. The van der Waals surface area contributed by atoms with Crippen LogP contribution in [0.25, 0.3) is 0 Å². The van der Waals surface area contributed by atoms with Crippen molar-refractivity contribution in [2.24, 2.45) is 0 Å². The van der Waals surface area contributed by atoms with Gasteiger partial charge in [-0.05, 0) is 58.2 Å². The lowest BCUT2D eigenvalue weighted by Crippen LogP contribution is -2.29. The van der Waals surface area contributed by atoms with Crippen LogP contribution in [0.5, 0.6) is 11.5 Å². The maximum atomic E-state index is 13.1. The first-order chi connectivity index (χ1) is 14.0. The van der Waals surface area contributed by atoms with Gasteiger partial charge in [-0.2, -0.15) is 10.1 Å². The molecule has 150 valence electrons. The number of amides is 1. The van der Waals surface area contributed by atoms with Crippen molar-refractivity contribution in [3.8, 4) is 11.5 Å². The highest BCUT2D eigenvalue weighted by Crippen LogP contribution is 2.41. The summed E-state index contributed by atoms with van der Waals surface area (Å²) in [6.45, 7) is 2.59. The highest BCUT2D eigenvalue weighted by Gasteiger charge is 2.29. The van der Waals surface area contributed by atoms with Crippen LogP contribution in [0.2, 0.25) is 0 Å². The lowest BCUT2D eigenvalue weighted by Gasteiger charge is -2.25. The van der Waals surface area contributed by atoms with E-state index in [1.807, 2.05) is 19.1 Å². The van der Waals surface area contributed by atoms with Crippen molar-refractivity contribution in [1.29, 1.82) is 0 Å². The Hall–Kier alpha value is -2.94. The lowest BCUT2D eigenvalue weighted by atomic mass is 10.0. The Kier molecular flexibility index (Phi) is 5.48. The Labute approximate surface area is 175 Å². The van der Waals surface area contributed by atoms with Gasteiger partial charge in [-0.25, -0.2) is 9.07 Å². The number of ether oxygens (including phenoxy) is 2. The number of nitrogens with zero attached hydrogens (tertiary/aromatic N) is 3. The molecule has 4 rings (SSSR count). The summed E-state index contributed by atoms with van der Waals surface area (Å²) in [4.78, 5) is 16.1. The van der Waals surface area contributed by atoms with E-state index in [9.17, 15) is 9.18 Å². The van der Waals surface area contributed by atoms with E-state index in [1.165, 1.54) is 18.5 Å². The molecule has 0 radical (unpaired) electrons. The van der Waals surface area contributed by atoms with E-state index in [0.29, 0.717) is 28.5 Å². The van der Waals surface area contributed by atoms with Gasteiger partial charge < -0.3 is 9.47 Å². The molecule has 3 aromatic rings. The van der Waals surface area contributed by atoms with Crippen LogP contribution < -0.4 is 14.8 Å². The van der Waals surface area contributed by atoms with Gasteiger partial charge in [0, 0.05) is 0 Å². The normalized spacial score (nSPS) is 15.6. The van der Waals surface area contributed by atoms with Gasteiger partial charge in [0.2, 0.25) is 11.9 Å². The number of carbonyl (C=O) groups is 1. The summed E-state index contributed by atoms with van der Waals surface area (Å²) in [5.74, 6) is 1.09. The van der Waals surface area contributed by atoms with Crippen molar-refractivity contribution in [1.82, 2.24) is 14.8 Å². The van der Waals surface area contributed by atoms with Crippen LogP contribution in [0.1, 0.15) is 30.5 Å². The quantitative estimate of drug-likeness (QED) is 0.599. The monoisotopic (exact) mass is 460 g/mol. The number of aromatic nitrogens is 3. The number of halogens is 2. The number of fused-ring (bicyclic) bond motifs is 1. The van der Waals surface area contributed by atoms with E-state index in [4.69, 9.17) is 9.47 Å². The molecule has 1 aliphatic rings. The van der Waals surface area contributed by atoms with Gasteiger partial charge in [0.25, 0.3) is 0 Å². The lowest BCUT2D eigenvalue weighted by molar-refractivity contribution is -0.117. The third-order valence-electron chi connectivity index (χ3n) is 4.51. The van der Waals surface area contributed by atoms with Crippen molar-refractivity contribution in [2.45, 2.75) is 26.0 Å². The van der Waals surface area contributed by atoms with Gasteiger partial charge in [0.1, 0.15) is 18.8 Å². The van der Waals surface area contributed by atoms with Crippen LogP contribution >= 0.6 is 15.9 Å². The largest absolute Gasteiger partial charge is 0.490 e. The van der Waals surface area contributed by atoms with Gasteiger partial charge in [-0.3, -0.25) is 10.1 Å². The van der Waals surface area contributed by atoms with E-state index >= 15 is 0 Å². The molecule has 1 amide bonds. The standard InChI is InChI=1S/C20H18BrFN4O3/c1-2-28-17-8-13(16-9-18(27)25-20-23-11-24-26(16)20)7-15(21)19(17)29-10-12-3-5-14(22)6-4-12/h3-8,11,16H,2,9-10H2,1H3,(H,23,24,25,27)/t16-/m0/s1. The summed E-state index contributed by atoms with van der Waals surface area (Å²) in [6.07, 6.45) is 1.65. The number of hydrogen-bond donors (Lipinski definition) is 1. The van der Waals surface area contributed by atoms with Crippen LogP contribution in [0.3, 0.4) is 0 Å². The zero-order valence-electron chi connectivity index (χ0n) is 15.6. The zero-order valence-corrected chi connectivity index (χ0v) is 17.1. The highest BCUT2D eigenvalue weighted by molar-refractivity contribution is 9.10. The molecule has 2 heterocycles. The molecule has 1 aromatic heterocycles. The van der Waals surface area contributed by atoms with Crippen molar-refractivity contribution in [3.63, 3.8) is 0 Å². The first-order valence-electron chi connectivity index (χ1n) is 9.08. The summed E-state index contributed by atoms with van der Waals surface area (Å²) in [5.41, 5.74) is 1.68.